The number of anilines is 1. The third-order valence-corrected chi connectivity index (χ3v) is 4.24. The van der Waals surface area contributed by atoms with Crippen molar-refractivity contribution in [2.75, 3.05) is 18.8 Å². The topological polar surface area (TPSA) is 56.8 Å². The zero-order valence-corrected chi connectivity index (χ0v) is 16.2. The van der Waals surface area contributed by atoms with E-state index in [0.29, 0.717) is 23.6 Å². The van der Waals surface area contributed by atoms with Crippen molar-refractivity contribution in [2.45, 2.75) is 40.7 Å². The largest absolute Gasteiger partial charge is 0.493 e. The van der Waals surface area contributed by atoms with E-state index >= 15 is 0 Å². The summed E-state index contributed by atoms with van der Waals surface area (Å²) in [5.41, 5.74) is 4.61. The Labute approximate surface area is 159 Å². The molecule has 2 aromatic carbocycles. The van der Waals surface area contributed by atoms with E-state index in [-0.39, 0.29) is 6.61 Å². The van der Waals surface area contributed by atoms with Crippen molar-refractivity contribution in [2.24, 2.45) is 0 Å². The summed E-state index contributed by atoms with van der Waals surface area (Å²) in [5, 5.41) is 2.53. The van der Waals surface area contributed by atoms with E-state index in [1.54, 1.807) is 18.2 Å². The molecule has 0 radical (unpaired) electrons. The molecule has 5 nitrogen and oxygen atoms in total. The normalized spacial score (nSPS) is 10.4. The van der Waals surface area contributed by atoms with Crippen LogP contribution in [-0.4, -0.2) is 19.6 Å². The fraction of sp³-hybridized carbons (Fsp3) is 0.381. The first-order valence-corrected chi connectivity index (χ1v) is 8.97. The summed E-state index contributed by atoms with van der Waals surface area (Å²) < 4.78 is 28.2. The smallest absolute Gasteiger partial charge is 0.413 e. The lowest BCUT2D eigenvalue weighted by Crippen LogP contribution is -2.15. The molecule has 0 aliphatic rings. The second-order valence-corrected chi connectivity index (χ2v) is 6.07. The standard InChI is InChI=1S/C21H26FNO4/c1-5-16-10-15(4)20(11-14(16)3)26-12-17-18(23-21(24)27-13-22)8-7-9-19(17)25-6-2/h7-11H,5-6,12-13H2,1-4H3,(H,23,24). The number of nitrogens with one attached hydrogen (secondary N) is 1. The quantitative estimate of drug-likeness (QED) is 0.678. The molecule has 0 fully saturated rings. The Balaban J connectivity index is 2.28. The van der Waals surface area contributed by atoms with E-state index in [4.69, 9.17) is 9.47 Å². The molecule has 0 heterocycles. The fourth-order valence-corrected chi connectivity index (χ4v) is 2.85. The molecular weight excluding hydrogens is 349 g/mol. The van der Waals surface area contributed by atoms with Gasteiger partial charge in [-0.3, -0.25) is 5.32 Å². The van der Waals surface area contributed by atoms with Crippen LogP contribution in [0.2, 0.25) is 0 Å². The molecule has 0 atom stereocenters. The molecule has 0 aliphatic heterocycles. The zero-order chi connectivity index (χ0) is 19.8. The number of halogens is 1. The third kappa shape index (κ3) is 5.36. The predicted octanol–water partition coefficient (Wildman–Crippen LogP) is 5.32. The molecule has 1 amide bonds. The fourth-order valence-electron chi connectivity index (χ4n) is 2.85. The van der Waals surface area contributed by atoms with Gasteiger partial charge in [-0.1, -0.05) is 19.1 Å². The van der Waals surface area contributed by atoms with Crippen molar-refractivity contribution in [1.82, 2.24) is 0 Å². The van der Waals surface area contributed by atoms with Gasteiger partial charge in [-0.25, -0.2) is 9.18 Å². The first kappa shape index (κ1) is 20.6. The summed E-state index contributed by atoms with van der Waals surface area (Å²) in [4.78, 5) is 11.6. The molecule has 2 aromatic rings. The van der Waals surface area contributed by atoms with E-state index in [0.717, 1.165) is 17.7 Å². The second kappa shape index (κ2) is 9.80. The van der Waals surface area contributed by atoms with Crippen molar-refractivity contribution < 1.29 is 23.4 Å². The minimum absolute atomic E-state index is 0.188. The molecule has 27 heavy (non-hydrogen) atoms. The van der Waals surface area contributed by atoms with Gasteiger partial charge in [0.1, 0.15) is 18.1 Å². The summed E-state index contributed by atoms with van der Waals surface area (Å²) in [7, 11) is 0. The molecule has 6 heteroatoms. The highest BCUT2D eigenvalue weighted by Gasteiger charge is 2.14. The zero-order valence-electron chi connectivity index (χ0n) is 16.2. The molecule has 2 rings (SSSR count). The molecule has 0 saturated heterocycles. The lowest BCUT2D eigenvalue weighted by molar-refractivity contribution is 0.111. The van der Waals surface area contributed by atoms with Gasteiger partial charge in [0.25, 0.3) is 0 Å². The van der Waals surface area contributed by atoms with Gasteiger partial charge >= 0.3 is 6.09 Å². The van der Waals surface area contributed by atoms with Gasteiger partial charge in [0.15, 0.2) is 0 Å². The Bertz CT molecular complexity index is 792. The van der Waals surface area contributed by atoms with Crippen molar-refractivity contribution in [1.29, 1.82) is 0 Å². The van der Waals surface area contributed by atoms with Crippen LogP contribution in [0, 0.1) is 13.8 Å². The van der Waals surface area contributed by atoms with Crippen LogP contribution in [0.5, 0.6) is 11.5 Å². The van der Waals surface area contributed by atoms with Crippen LogP contribution in [0.15, 0.2) is 30.3 Å². The number of alkyl halides is 1. The van der Waals surface area contributed by atoms with Crippen LogP contribution in [-0.2, 0) is 17.8 Å². The van der Waals surface area contributed by atoms with Gasteiger partial charge in [0.2, 0.25) is 6.86 Å². The second-order valence-electron chi connectivity index (χ2n) is 6.07. The van der Waals surface area contributed by atoms with Gasteiger partial charge in [-0.05, 0) is 62.1 Å². The maximum Gasteiger partial charge on any atom is 0.413 e. The number of carbonyl (C=O) groups is 1. The first-order chi connectivity index (χ1) is 13.0. The number of benzene rings is 2. The highest BCUT2D eigenvalue weighted by Crippen LogP contribution is 2.30. The van der Waals surface area contributed by atoms with E-state index < -0.39 is 13.0 Å². The molecule has 0 aliphatic carbocycles. The number of carbonyl (C=O) groups excluding carboxylic acids is 1. The predicted molar refractivity (Wildman–Crippen MR) is 103 cm³/mol. The monoisotopic (exact) mass is 375 g/mol. The van der Waals surface area contributed by atoms with Gasteiger partial charge in [0.05, 0.1) is 17.9 Å². The molecule has 0 bridgehead atoms. The number of hydrogen-bond acceptors (Lipinski definition) is 4. The summed E-state index contributed by atoms with van der Waals surface area (Å²) in [6, 6.07) is 9.37. The number of aryl methyl sites for hydroxylation is 3. The molecule has 0 saturated carbocycles. The van der Waals surface area contributed by atoms with Crippen LogP contribution in [0.1, 0.15) is 36.1 Å². The van der Waals surface area contributed by atoms with Crippen molar-refractivity contribution in [3.8, 4) is 11.5 Å². The summed E-state index contributed by atoms with van der Waals surface area (Å²) in [5.74, 6) is 1.36. The molecule has 1 N–H and O–H groups in total. The van der Waals surface area contributed by atoms with Crippen molar-refractivity contribution >= 4 is 11.8 Å². The third-order valence-electron chi connectivity index (χ3n) is 4.24. The lowest BCUT2D eigenvalue weighted by atomic mass is 10.0. The molecule has 146 valence electrons. The van der Waals surface area contributed by atoms with Gasteiger partial charge in [-0.2, -0.15) is 0 Å². The van der Waals surface area contributed by atoms with E-state index in [2.05, 4.69) is 30.0 Å². The average Bonchev–Trinajstić information content (AvgIpc) is 2.63. The summed E-state index contributed by atoms with van der Waals surface area (Å²) in [6.45, 7) is 7.51. The molecule has 0 spiro atoms. The number of hydrogen-bond donors (Lipinski definition) is 1. The minimum atomic E-state index is -1.19. The Morgan fingerprint density at radius 2 is 1.85 bits per heavy atom. The van der Waals surface area contributed by atoms with E-state index in [1.807, 2.05) is 19.9 Å². The van der Waals surface area contributed by atoms with Crippen molar-refractivity contribution in [3.05, 3.63) is 52.6 Å². The van der Waals surface area contributed by atoms with Gasteiger partial charge < -0.3 is 14.2 Å². The van der Waals surface area contributed by atoms with E-state index in [9.17, 15) is 9.18 Å². The number of amides is 1. The number of rotatable bonds is 8. The highest BCUT2D eigenvalue weighted by molar-refractivity contribution is 5.86. The molecule has 0 unspecified atom stereocenters. The van der Waals surface area contributed by atoms with Gasteiger partial charge in [-0.15, -0.1) is 0 Å². The first-order valence-electron chi connectivity index (χ1n) is 8.97. The minimum Gasteiger partial charge on any atom is -0.493 e. The van der Waals surface area contributed by atoms with Crippen LogP contribution in [0.4, 0.5) is 14.9 Å². The summed E-state index contributed by atoms with van der Waals surface area (Å²) in [6.07, 6.45) is 0.0944. The molecule has 0 aromatic heterocycles. The summed E-state index contributed by atoms with van der Waals surface area (Å²) >= 11 is 0. The molecular formula is C21H26FNO4. The van der Waals surface area contributed by atoms with Crippen LogP contribution in [0.3, 0.4) is 0 Å². The van der Waals surface area contributed by atoms with E-state index in [1.165, 1.54) is 11.1 Å². The van der Waals surface area contributed by atoms with Crippen LogP contribution >= 0.6 is 0 Å². The van der Waals surface area contributed by atoms with Crippen LogP contribution in [0.25, 0.3) is 0 Å². The Morgan fingerprint density at radius 3 is 2.52 bits per heavy atom. The average molecular weight is 375 g/mol. The Morgan fingerprint density at radius 1 is 1.07 bits per heavy atom. The van der Waals surface area contributed by atoms with Crippen LogP contribution < -0.4 is 14.8 Å². The van der Waals surface area contributed by atoms with Crippen molar-refractivity contribution in [3.63, 3.8) is 0 Å². The Kier molecular flexibility index (Phi) is 7.46. The highest BCUT2D eigenvalue weighted by atomic mass is 19.1. The maximum absolute atomic E-state index is 12.2. The lowest BCUT2D eigenvalue weighted by Gasteiger charge is -2.18. The maximum atomic E-state index is 12.2. The SMILES string of the molecule is CCOc1cccc(NC(=O)OCF)c1COc1cc(C)c(CC)cc1C. The number of ether oxygens (including phenoxy) is 3. The van der Waals surface area contributed by atoms with Gasteiger partial charge in [0, 0.05) is 0 Å². The Hall–Kier alpha value is -2.76.